The quantitative estimate of drug-likeness (QED) is 0.166. The number of hydrogen-bond donors (Lipinski definition) is 0. The molecule has 7 aromatic rings. The van der Waals surface area contributed by atoms with Crippen LogP contribution in [-0.4, -0.2) is 0 Å². The number of nitrogens with zero attached hydrogens (tertiary/aromatic N) is 2. The molecule has 0 fully saturated rings. The van der Waals surface area contributed by atoms with Crippen LogP contribution in [0.25, 0.3) is 21.5 Å². The molecular formula is C40H22F2N2O4. The zero-order valence-corrected chi connectivity index (χ0v) is 25.0. The molecule has 6 nitrogen and oxygen atoms in total. The molecule has 0 aliphatic carbocycles. The van der Waals surface area contributed by atoms with Crippen molar-refractivity contribution in [2.24, 2.45) is 0 Å². The van der Waals surface area contributed by atoms with Crippen LogP contribution < -0.4 is 18.9 Å². The van der Waals surface area contributed by atoms with Crippen molar-refractivity contribution in [2.45, 2.75) is 0 Å². The highest BCUT2D eigenvalue weighted by atomic mass is 19.1. The van der Waals surface area contributed by atoms with Gasteiger partial charge in [0.15, 0.2) is 11.5 Å². The highest BCUT2D eigenvalue weighted by Crippen LogP contribution is 2.54. The van der Waals surface area contributed by atoms with Gasteiger partial charge in [0.1, 0.15) is 57.9 Å². The Kier molecular flexibility index (Phi) is 7.97. The maximum absolute atomic E-state index is 13.9. The van der Waals surface area contributed by atoms with Crippen molar-refractivity contribution in [3.05, 3.63) is 156 Å². The van der Waals surface area contributed by atoms with Gasteiger partial charge < -0.3 is 18.9 Å². The van der Waals surface area contributed by atoms with Gasteiger partial charge in [-0.05, 0) is 94.3 Å². The lowest BCUT2D eigenvalue weighted by atomic mass is 10.0. The third-order valence-electron chi connectivity index (χ3n) is 7.50. The van der Waals surface area contributed by atoms with Gasteiger partial charge in [-0.2, -0.15) is 10.5 Å². The molecule has 7 aromatic carbocycles. The van der Waals surface area contributed by atoms with Crippen LogP contribution >= 0.6 is 0 Å². The van der Waals surface area contributed by atoms with E-state index in [1.54, 1.807) is 24.3 Å². The summed E-state index contributed by atoms with van der Waals surface area (Å²) in [5, 5.41) is 24.7. The first-order valence-electron chi connectivity index (χ1n) is 14.7. The molecule has 8 heteroatoms. The minimum Gasteiger partial charge on any atom is -0.452 e. The van der Waals surface area contributed by atoms with Crippen molar-refractivity contribution in [3.63, 3.8) is 0 Å². The zero-order valence-electron chi connectivity index (χ0n) is 25.0. The lowest BCUT2D eigenvalue weighted by Crippen LogP contribution is -2.03. The largest absolute Gasteiger partial charge is 0.452 e. The maximum atomic E-state index is 13.9. The van der Waals surface area contributed by atoms with Crippen molar-refractivity contribution < 1.29 is 27.7 Å². The Bertz CT molecular complexity index is 2230. The number of benzene rings is 7. The van der Waals surface area contributed by atoms with Gasteiger partial charge >= 0.3 is 0 Å². The predicted octanol–water partition coefficient (Wildman–Crippen LogP) is 11.2. The van der Waals surface area contributed by atoms with Crippen molar-refractivity contribution >= 4 is 21.5 Å². The summed E-state index contributed by atoms with van der Waals surface area (Å²) in [4.78, 5) is 0. The molecule has 7 rings (SSSR count). The van der Waals surface area contributed by atoms with Crippen LogP contribution in [0.3, 0.4) is 0 Å². The number of ether oxygens (including phenoxy) is 4. The molecule has 0 spiro atoms. The molecular weight excluding hydrogens is 610 g/mol. The topological polar surface area (TPSA) is 84.5 Å². The van der Waals surface area contributed by atoms with E-state index in [1.165, 1.54) is 48.5 Å². The maximum Gasteiger partial charge on any atom is 0.217 e. The SMILES string of the molecule is N#Cc1c(C#N)c(Oc2ccc3ccccc3c2)c(Oc2ccc(F)cc2)c(Oc2ccc(F)cc2)c1Oc1ccc2ccccc2c1. The first-order valence-corrected chi connectivity index (χ1v) is 14.7. The average molecular weight is 633 g/mol. The van der Waals surface area contributed by atoms with Gasteiger partial charge in [-0.25, -0.2) is 8.78 Å². The fraction of sp³-hybridized carbons (Fsp3) is 0. The van der Waals surface area contributed by atoms with Gasteiger partial charge in [-0.15, -0.1) is 0 Å². The fourth-order valence-electron chi connectivity index (χ4n) is 5.19. The van der Waals surface area contributed by atoms with E-state index in [0.29, 0.717) is 11.5 Å². The Hall–Kier alpha value is -6.90. The van der Waals surface area contributed by atoms with Crippen LogP contribution in [0.4, 0.5) is 8.78 Å². The molecule has 0 N–H and O–H groups in total. The molecule has 0 aliphatic heterocycles. The number of rotatable bonds is 8. The van der Waals surface area contributed by atoms with E-state index in [9.17, 15) is 19.3 Å². The minimum absolute atomic E-state index is 0.134. The van der Waals surface area contributed by atoms with E-state index in [0.717, 1.165) is 21.5 Å². The second kappa shape index (κ2) is 12.8. The number of fused-ring (bicyclic) bond motifs is 2. The summed E-state index contributed by atoms with van der Waals surface area (Å²) in [6.45, 7) is 0. The van der Waals surface area contributed by atoms with Gasteiger partial charge in [0.25, 0.3) is 0 Å². The van der Waals surface area contributed by atoms with Crippen LogP contribution in [-0.2, 0) is 0 Å². The summed E-state index contributed by atoms with van der Waals surface area (Å²) in [6.07, 6.45) is 0. The highest BCUT2D eigenvalue weighted by molar-refractivity contribution is 5.85. The lowest BCUT2D eigenvalue weighted by molar-refractivity contribution is 0.364. The van der Waals surface area contributed by atoms with E-state index >= 15 is 0 Å². The third kappa shape index (κ3) is 6.02. The van der Waals surface area contributed by atoms with Crippen molar-refractivity contribution in [1.29, 1.82) is 10.5 Å². The monoisotopic (exact) mass is 632 g/mol. The highest BCUT2D eigenvalue weighted by Gasteiger charge is 2.31. The molecule has 0 saturated heterocycles. The van der Waals surface area contributed by atoms with Gasteiger partial charge in [0, 0.05) is 0 Å². The fourth-order valence-corrected chi connectivity index (χ4v) is 5.19. The van der Waals surface area contributed by atoms with Gasteiger partial charge in [-0.3, -0.25) is 0 Å². The molecule has 0 heterocycles. The average Bonchev–Trinajstić information content (AvgIpc) is 3.12. The molecule has 48 heavy (non-hydrogen) atoms. The second-order valence-electron chi connectivity index (χ2n) is 10.6. The molecule has 0 unspecified atom stereocenters. The Morgan fingerprint density at radius 2 is 0.708 bits per heavy atom. The molecule has 0 saturated carbocycles. The Labute approximate surface area is 273 Å². The van der Waals surface area contributed by atoms with E-state index in [1.807, 2.05) is 60.7 Å². The van der Waals surface area contributed by atoms with Crippen molar-refractivity contribution in [1.82, 2.24) is 0 Å². The van der Waals surface area contributed by atoms with Gasteiger partial charge in [0.2, 0.25) is 11.5 Å². The van der Waals surface area contributed by atoms with Crippen LogP contribution in [0.2, 0.25) is 0 Å². The number of nitriles is 2. The van der Waals surface area contributed by atoms with E-state index in [4.69, 9.17) is 18.9 Å². The number of halogens is 2. The second-order valence-corrected chi connectivity index (χ2v) is 10.6. The van der Waals surface area contributed by atoms with Crippen LogP contribution in [0.15, 0.2) is 133 Å². The Morgan fingerprint density at radius 3 is 1.08 bits per heavy atom. The van der Waals surface area contributed by atoms with E-state index < -0.39 is 11.6 Å². The standard InChI is InChI=1S/C40H22F2N2O4/c41-29-11-17-31(18-12-29)45-39-37(47-33-15-9-25-5-1-3-7-27(25)21-33)35(23-43)36(24-44)38(40(39)46-32-19-13-30(42)14-20-32)48-34-16-10-26-6-2-4-8-28(26)22-34/h1-22H. The Morgan fingerprint density at radius 1 is 0.375 bits per heavy atom. The first-order chi connectivity index (χ1) is 23.5. The van der Waals surface area contributed by atoms with E-state index in [2.05, 4.69) is 12.1 Å². The van der Waals surface area contributed by atoms with Crippen LogP contribution in [0, 0.1) is 34.3 Å². The van der Waals surface area contributed by atoms with Crippen LogP contribution in [0.1, 0.15) is 11.1 Å². The summed E-state index contributed by atoms with van der Waals surface area (Å²) >= 11 is 0. The summed E-state index contributed by atoms with van der Waals surface area (Å²) in [5.74, 6) is -0.499. The Balaban J connectivity index is 1.48. The van der Waals surface area contributed by atoms with E-state index in [-0.39, 0.29) is 45.6 Å². The lowest BCUT2D eigenvalue weighted by Gasteiger charge is -2.22. The summed E-state index contributed by atoms with van der Waals surface area (Å²) in [5.41, 5.74) is -0.380. The molecule has 230 valence electrons. The molecule has 0 aliphatic rings. The summed E-state index contributed by atoms with van der Waals surface area (Å²) < 4.78 is 53.2. The molecule has 0 radical (unpaired) electrons. The smallest absolute Gasteiger partial charge is 0.217 e. The first kappa shape index (κ1) is 29.8. The third-order valence-corrected chi connectivity index (χ3v) is 7.50. The molecule has 0 aromatic heterocycles. The molecule has 0 amide bonds. The number of hydrogen-bond acceptors (Lipinski definition) is 6. The molecule has 0 bridgehead atoms. The normalized spacial score (nSPS) is 10.7. The van der Waals surface area contributed by atoms with Crippen molar-refractivity contribution in [3.8, 4) is 58.1 Å². The predicted molar refractivity (Wildman–Crippen MR) is 177 cm³/mol. The van der Waals surface area contributed by atoms with Gasteiger partial charge in [-0.1, -0.05) is 60.7 Å². The summed E-state index contributed by atoms with van der Waals surface area (Å²) in [7, 11) is 0. The van der Waals surface area contributed by atoms with Crippen LogP contribution in [0.5, 0.6) is 46.0 Å². The summed E-state index contributed by atoms with van der Waals surface area (Å²) in [6, 6.07) is 40.6. The van der Waals surface area contributed by atoms with Gasteiger partial charge in [0.05, 0.1) is 0 Å². The molecule has 0 atom stereocenters. The minimum atomic E-state index is -0.490. The van der Waals surface area contributed by atoms with Crippen molar-refractivity contribution in [2.75, 3.05) is 0 Å². The zero-order chi connectivity index (χ0) is 33.0.